The molecule has 0 radical (unpaired) electrons. The molecule has 2 saturated heterocycles. The third-order valence-corrected chi connectivity index (χ3v) is 20.5. The van der Waals surface area contributed by atoms with Gasteiger partial charge in [0, 0.05) is 84.6 Å². The third-order valence-electron chi connectivity index (χ3n) is 20.5. The summed E-state index contributed by atoms with van der Waals surface area (Å²) in [5, 5.41) is 11.8. The van der Waals surface area contributed by atoms with Gasteiger partial charge in [0.2, 0.25) is 0 Å². The van der Waals surface area contributed by atoms with Gasteiger partial charge in [0.1, 0.15) is 40.7 Å². The molecule has 8 bridgehead atoms. The number of methoxy groups -OCH3 is 2. The molecule has 0 amide bonds. The van der Waals surface area contributed by atoms with Gasteiger partial charge in [0.15, 0.2) is 0 Å². The summed E-state index contributed by atoms with van der Waals surface area (Å²) in [6.45, 7) is 18.6. The summed E-state index contributed by atoms with van der Waals surface area (Å²) in [7, 11) is 8.33. The Morgan fingerprint density at radius 1 is 0.746 bits per heavy atom. The van der Waals surface area contributed by atoms with E-state index < -0.39 is 16.8 Å². The number of fused-ring (bicyclic) bond motifs is 4. The van der Waals surface area contributed by atoms with E-state index in [2.05, 4.69) is 82.8 Å². The van der Waals surface area contributed by atoms with Crippen molar-refractivity contribution in [2.45, 2.75) is 190 Å². The van der Waals surface area contributed by atoms with E-state index in [4.69, 9.17) is 23.7 Å². The number of ketones is 1. The monoisotopic (exact) mass is 999 g/mol. The van der Waals surface area contributed by atoms with Crippen molar-refractivity contribution in [3.63, 3.8) is 0 Å². The van der Waals surface area contributed by atoms with Crippen LogP contribution in [-0.2, 0) is 42.7 Å². The molecule has 9 nitrogen and oxygen atoms in total. The minimum Gasteiger partial charge on any atom is -1.00 e. The average Bonchev–Trinajstić information content (AvgIpc) is 3.86. The molecular formula is C56H83BrMgN2O7. The van der Waals surface area contributed by atoms with Gasteiger partial charge < -0.3 is 63.0 Å². The van der Waals surface area contributed by atoms with Gasteiger partial charge in [-0.2, -0.15) is 0 Å². The SMILES string of the molecule is CCCC(=O)[C@H]1C[C@@]23CC[C@]1(OC)[C@@H]1Oc4c(C)ccc5c4[C@@]12CCN(C)[C@@H]3C5.CCC[C@@](C)(O)C1C[C@@]23CC[C@]1(OC)[C@@H]1Oc4c(C)ccc5c4[C@@]12CCN(C)[C@@H]3C5.CCOCC.[Br-].[CH3-].[Mg+2]. The Kier molecular flexibility index (Phi) is 14.9. The maximum atomic E-state index is 13.4. The number of carbonyl (C=O) groups is 1. The third kappa shape index (κ3) is 6.65. The molecule has 67 heavy (non-hydrogen) atoms. The number of likely N-dealkylation sites (tertiary alicyclic amines) is 2. The largest absolute Gasteiger partial charge is 2.00 e. The molecule has 1 unspecified atom stereocenters. The summed E-state index contributed by atoms with van der Waals surface area (Å²) >= 11 is 0. The first-order valence-corrected chi connectivity index (χ1v) is 25.6. The van der Waals surface area contributed by atoms with Crippen molar-refractivity contribution < 1.29 is 50.6 Å². The molecule has 4 spiro atoms. The predicted octanol–water partition coefficient (Wildman–Crippen LogP) is 5.92. The van der Waals surface area contributed by atoms with Crippen molar-refractivity contribution >= 4 is 28.8 Å². The standard InChI is InChI=1S/C26H37NO3.C25H33NO3.C4H10O.CH3.BrH.Mg/c1-6-9-23(3,28)18-15-24-10-11-26(18,29-5)22-25(24)12-13-27(4)19(24)14-17-8-7-16(2)21(30-22)20(17)25;1-5-6-18(27)17-14-23-9-10-25(17,28-4)22-24(23)11-12-26(3)19(23)13-16-8-7-15(2)21(29-22)20(16)24;1-3-5-4-2;;;/h7-8,18-19,22,28H,6,9-15H2,1-5H3;7-8,17,19,22H,5-6,9-14H2,1-4H3;3-4H2,1-2H3;1H3;1H;/q;;;-1;;+2/p-1/t18?,19-,22-,23-,24-,25+,26-;17-,19-,22-,23-,24+,25-;;;;/m11..../s1. The maximum absolute atomic E-state index is 13.4. The number of aryl methyl sites for hydroxylation is 2. The molecule has 8 fully saturated rings. The Labute approximate surface area is 430 Å². The molecule has 4 heterocycles. The molecule has 14 rings (SSSR count). The van der Waals surface area contributed by atoms with Gasteiger partial charge >= 0.3 is 23.1 Å². The fourth-order valence-electron chi connectivity index (χ4n) is 18.1. The van der Waals surface area contributed by atoms with Gasteiger partial charge in [-0.3, -0.25) is 4.79 Å². The van der Waals surface area contributed by atoms with E-state index in [1.54, 1.807) is 0 Å². The molecule has 0 aromatic heterocycles. The number of rotatable bonds is 10. The van der Waals surface area contributed by atoms with Crippen LogP contribution in [0.1, 0.15) is 145 Å². The van der Waals surface area contributed by atoms with Crippen molar-refractivity contribution in [2.75, 3.05) is 54.6 Å². The minimum atomic E-state index is -0.736. The molecule has 2 aromatic carbocycles. The molecule has 12 aliphatic rings. The number of nitrogens with zero attached hydrogens (tertiary/aromatic N) is 2. The van der Waals surface area contributed by atoms with Crippen molar-refractivity contribution in [3.8, 4) is 11.5 Å². The number of hydrogen-bond acceptors (Lipinski definition) is 9. The molecule has 11 heteroatoms. The second-order valence-corrected chi connectivity index (χ2v) is 22.6. The van der Waals surface area contributed by atoms with Crippen LogP contribution in [0.25, 0.3) is 0 Å². The van der Waals surface area contributed by atoms with Gasteiger partial charge in [0.25, 0.3) is 0 Å². The number of benzene rings is 2. The smallest absolute Gasteiger partial charge is 1.00 e. The first-order chi connectivity index (χ1) is 30.6. The fraction of sp³-hybridized carbons (Fsp3) is 0.750. The number of carbonyl (C=O) groups excluding carboxylic acids is 1. The molecule has 6 saturated carbocycles. The zero-order valence-corrected chi connectivity index (χ0v) is 46.4. The first-order valence-electron chi connectivity index (χ1n) is 25.6. The molecule has 1 N–H and O–H groups in total. The quantitative estimate of drug-likeness (QED) is 0.231. The number of hydrogen-bond donors (Lipinski definition) is 1. The zero-order chi connectivity index (χ0) is 45.4. The number of Topliss-reactive ketones (excluding diaryl/α,β-unsaturated/α-hetero) is 1. The maximum Gasteiger partial charge on any atom is 2.00 e. The zero-order valence-electron chi connectivity index (χ0n) is 43.4. The van der Waals surface area contributed by atoms with Gasteiger partial charge in [-0.15, -0.1) is 0 Å². The first kappa shape index (κ1) is 53.5. The van der Waals surface area contributed by atoms with E-state index in [1.807, 2.05) is 28.1 Å². The van der Waals surface area contributed by atoms with Gasteiger partial charge in [0.05, 0.1) is 11.5 Å². The summed E-state index contributed by atoms with van der Waals surface area (Å²) < 4.78 is 31.7. The molecule has 8 aliphatic carbocycles. The second-order valence-electron chi connectivity index (χ2n) is 22.6. The summed E-state index contributed by atoms with van der Waals surface area (Å²) in [6.07, 6.45) is 14.1. The number of piperidine rings is 2. The minimum absolute atomic E-state index is 0. The Hall–Kier alpha value is -1.28. The van der Waals surface area contributed by atoms with E-state index in [9.17, 15) is 9.90 Å². The number of likely N-dealkylation sites (N-methyl/N-ethyl adjacent to an activating group) is 2. The van der Waals surface area contributed by atoms with E-state index in [0.29, 0.717) is 24.3 Å². The molecule has 4 aliphatic heterocycles. The molecule has 13 atom stereocenters. The van der Waals surface area contributed by atoms with E-state index in [-0.39, 0.29) is 93.2 Å². The Morgan fingerprint density at radius 3 is 1.67 bits per heavy atom. The van der Waals surface area contributed by atoms with Crippen LogP contribution in [0.4, 0.5) is 0 Å². The van der Waals surface area contributed by atoms with Crippen LogP contribution in [0, 0.1) is 43.9 Å². The Bertz CT molecular complexity index is 2190. The van der Waals surface area contributed by atoms with Crippen LogP contribution in [-0.4, -0.2) is 139 Å². The molecular weight excluding hydrogens is 917 g/mol. The number of aliphatic hydroxyl groups is 1. The van der Waals surface area contributed by atoms with Crippen molar-refractivity contribution in [3.05, 3.63) is 65.1 Å². The van der Waals surface area contributed by atoms with Crippen LogP contribution in [0.3, 0.4) is 0 Å². The van der Waals surface area contributed by atoms with Gasteiger partial charge in [-0.05, 0) is 161 Å². The van der Waals surface area contributed by atoms with Crippen LogP contribution in [0.5, 0.6) is 11.5 Å². The van der Waals surface area contributed by atoms with E-state index >= 15 is 0 Å². The van der Waals surface area contributed by atoms with E-state index in [1.165, 1.54) is 39.8 Å². The summed E-state index contributed by atoms with van der Waals surface area (Å²) in [5.41, 5.74) is 7.19. The summed E-state index contributed by atoms with van der Waals surface area (Å²) in [4.78, 5) is 18.6. The van der Waals surface area contributed by atoms with Crippen LogP contribution in [0.2, 0.25) is 0 Å². The predicted molar refractivity (Wildman–Crippen MR) is 263 cm³/mol. The molecule has 368 valence electrons. The number of halogens is 1. The van der Waals surface area contributed by atoms with Crippen LogP contribution < -0.4 is 26.5 Å². The van der Waals surface area contributed by atoms with Crippen molar-refractivity contribution in [1.29, 1.82) is 0 Å². The fourth-order valence-corrected chi connectivity index (χ4v) is 18.1. The number of ether oxygens (including phenoxy) is 5. The Morgan fingerprint density at radius 2 is 1.22 bits per heavy atom. The van der Waals surface area contributed by atoms with E-state index in [0.717, 1.165) is 115 Å². The van der Waals surface area contributed by atoms with Gasteiger partial charge in [-0.1, -0.05) is 44.5 Å². The van der Waals surface area contributed by atoms with Crippen molar-refractivity contribution in [2.24, 2.45) is 22.7 Å². The Balaban J connectivity index is 0.000000174. The molecule has 2 aromatic rings. The van der Waals surface area contributed by atoms with Crippen LogP contribution >= 0.6 is 0 Å². The topological polar surface area (TPSA) is 89.9 Å². The second kappa shape index (κ2) is 18.6. The summed E-state index contributed by atoms with van der Waals surface area (Å²) in [5.74, 6) is 2.72. The normalized spacial score (nSPS) is 39.8. The van der Waals surface area contributed by atoms with Crippen LogP contribution in [0.15, 0.2) is 24.3 Å². The summed E-state index contributed by atoms with van der Waals surface area (Å²) in [6, 6.07) is 10.2. The van der Waals surface area contributed by atoms with Crippen molar-refractivity contribution in [1.82, 2.24) is 9.80 Å². The average molecular weight is 1000 g/mol. The van der Waals surface area contributed by atoms with Gasteiger partial charge in [-0.25, -0.2) is 0 Å².